The molecule has 0 spiro atoms. The molecule has 0 radical (unpaired) electrons. The predicted octanol–water partition coefficient (Wildman–Crippen LogP) is 5.73. The molecule has 1 aliphatic rings. The highest BCUT2D eigenvalue weighted by Gasteiger charge is 2.30. The highest BCUT2D eigenvalue weighted by Crippen LogP contribution is 2.38. The SMILES string of the molecule is FC(F)(F)c1cccc(CNCc2cn(Cc3ccccc3)c3cc4c(cc23)OCO4)c1. The van der Waals surface area contributed by atoms with Gasteiger partial charge in [0.05, 0.1) is 11.1 Å². The number of benzene rings is 3. The van der Waals surface area contributed by atoms with Crippen LogP contribution in [-0.2, 0) is 25.8 Å². The number of aromatic nitrogens is 1. The second-order valence-corrected chi connectivity index (χ2v) is 7.79. The van der Waals surface area contributed by atoms with Gasteiger partial charge in [-0.25, -0.2) is 0 Å². The van der Waals surface area contributed by atoms with Gasteiger partial charge >= 0.3 is 6.18 Å². The lowest BCUT2D eigenvalue weighted by Gasteiger charge is -2.09. The molecule has 4 aromatic rings. The largest absolute Gasteiger partial charge is 0.454 e. The lowest BCUT2D eigenvalue weighted by Crippen LogP contribution is -2.13. The van der Waals surface area contributed by atoms with Crippen molar-refractivity contribution in [2.75, 3.05) is 6.79 Å². The molecule has 3 aromatic carbocycles. The molecule has 0 aliphatic carbocycles. The molecule has 0 atom stereocenters. The zero-order valence-corrected chi connectivity index (χ0v) is 17.2. The third-order valence-corrected chi connectivity index (χ3v) is 5.55. The summed E-state index contributed by atoms with van der Waals surface area (Å²) in [5.41, 5.74) is 3.19. The number of nitrogens with zero attached hydrogens (tertiary/aromatic N) is 1. The van der Waals surface area contributed by atoms with E-state index in [1.807, 2.05) is 30.3 Å². The van der Waals surface area contributed by atoms with Gasteiger partial charge in [-0.15, -0.1) is 0 Å². The average molecular weight is 438 g/mol. The first kappa shape index (κ1) is 20.5. The maximum atomic E-state index is 13.0. The van der Waals surface area contributed by atoms with Crippen molar-refractivity contribution in [3.63, 3.8) is 0 Å². The molecule has 1 N–H and O–H groups in total. The number of fused-ring (bicyclic) bond motifs is 2. The van der Waals surface area contributed by atoms with Crippen LogP contribution in [0.1, 0.15) is 22.3 Å². The minimum Gasteiger partial charge on any atom is -0.454 e. The molecule has 0 saturated heterocycles. The summed E-state index contributed by atoms with van der Waals surface area (Å²) in [7, 11) is 0. The van der Waals surface area contributed by atoms with E-state index in [-0.39, 0.29) is 6.79 Å². The number of rotatable bonds is 6. The Kier molecular flexibility index (Phi) is 5.27. The highest BCUT2D eigenvalue weighted by molar-refractivity contribution is 5.87. The lowest BCUT2D eigenvalue weighted by atomic mass is 10.1. The first-order valence-electron chi connectivity index (χ1n) is 10.3. The monoisotopic (exact) mass is 438 g/mol. The first-order chi connectivity index (χ1) is 15.5. The van der Waals surface area contributed by atoms with E-state index in [0.29, 0.717) is 36.7 Å². The molecule has 7 heteroatoms. The van der Waals surface area contributed by atoms with Gasteiger partial charge in [-0.05, 0) is 28.8 Å². The molecule has 1 aromatic heterocycles. The van der Waals surface area contributed by atoms with E-state index in [1.54, 1.807) is 6.07 Å². The smallest absolute Gasteiger partial charge is 0.416 e. The van der Waals surface area contributed by atoms with Crippen molar-refractivity contribution >= 4 is 10.9 Å². The molecule has 0 saturated carbocycles. The molecule has 0 fully saturated rings. The number of halogens is 3. The molecule has 5 rings (SSSR count). The quantitative estimate of drug-likeness (QED) is 0.418. The van der Waals surface area contributed by atoms with Crippen LogP contribution in [-0.4, -0.2) is 11.4 Å². The van der Waals surface area contributed by atoms with Gasteiger partial charge in [-0.3, -0.25) is 0 Å². The summed E-state index contributed by atoms with van der Waals surface area (Å²) in [5.74, 6) is 1.42. The van der Waals surface area contributed by atoms with Gasteiger partial charge in [0.2, 0.25) is 6.79 Å². The van der Waals surface area contributed by atoms with Crippen LogP contribution in [0.2, 0.25) is 0 Å². The van der Waals surface area contributed by atoms with E-state index in [0.717, 1.165) is 22.5 Å². The van der Waals surface area contributed by atoms with Crippen LogP contribution in [0, 0.1) is 0 Å². The molecule has 4 nitrogen and oxygen atoms in total. The van der Waals surface area contributed by atoms with Crippen LogP contribution >= 0.6 is 0 Å². The number of alkyl halides is 3. The van der Waals surface area contributed by atoms with E-state index in [1.165, 1.54) is 17.7 Å². The summed E-state index contributed by atoms with van der Waals surface area (Å²) in [5, 5.41) is 4.31. The van der Waals surface area contributed by atoms with Gasteiger partial charge in [0, 0.05) is 37.3 Å². The van der Waals surface area contributed by atoms with Gasteiger partial charge < -0.3 is 19.4 Å². The van der Waals surface area contributed by atoms with Crippen LogP contribution in [0.4, 0.5) is 13.2 Å². The zero-order chi connectivity index (χ0) is 22.1. The fraction of sp³-hybridized carbons (Fsp3) is 0.200. The normalized spacial score (nSPS) is 13.1. The third kappa shape index (κ3) is 4.16. The number of hydrogen-bond donors (Lipinski definition) is 1. The van der Waals surface area contributed by atoms with E-state index in [9.17, 15) is 13.2 Å². The Morgan fingerprint density at radius 1 is 0.844 bits per heavy atom. The molecule has 32 heavy (non-hydrogen) atoms. The Labute approximate surface area is 183 Å². The topological polar surface area (TPSA) is 35.4 Å². The van der Waals surface area contributed by atoms with E-state index in [2.05, 4.69) is 28.2 Å². The first-order valence-corrected chi connectivity index (χ1v) is 10.3. The summed E-state index contributed by atoms with van der Waals surface area (Å²) in [6.07, 6.45) is -2.27. The zero-order valence-electron chi connectivity index (χ0n) is 17.2. The van der Waals surface area contributed by atoms with Crippen molar-refractivity contribution in [1.29, 1.82) is 0 Å². The molecule has 1 aliphatic heterocycles. The van der Waals surface area contributed by atoms with Crippen LogP contribution < -0.4 is 14.8 Å². The van der Waals surface area contributed by atoms with Crippen molar-refractivity contribution in [2.45, 2.75) is 25.8 Å². The van der Waals surface area contributed by atoms with Crippen LogP contribution in [0.25, 0.3) is 10.9 Å². The summed E-state index contributed by atoms with van der Waals surface area (Å²) in [6.45, 7) is 1.74. The van der Waals surface area contributed by atoms with Crippen molar-refractivity contribution in [2.24, 2.45) is 0 Å². The van der Waals surface area contributed by atoms with Crippen molar-refractivity contribution in [3.8, 4) is 11.5 Å². The van der Waals surface area contributed by atoms with E-state index < -0.39 is 11.7 Å². The summed E-state index contributed by atoms with van der Waals surface area (Å²) < 4.78 is 52.2. The van der Waals surface area contributed by atoms with Gasteiger partial charge in [0.25, 0.3) is 0 Å². The van der Waals surface area contributed by atoms with Gasteiger partial charge in [0.15, 0.2) is 11.5 Å². The van der Waals surface area contributed by atoms with Gasteiger partial charge in [0.1, 0.15) is 0 Å². The minimum atomic E-state index is -4.34. The minimum absolute atomic E-state index is 0.198. The van der Waals surface area contributed by atoms with E-state index >= 15 is 0 Å². The number of hydrogen-bond acceptors (Lipinski definition) is 3. The fourth-order valence-corrected chi connectivity index (χ4v) is 4.00. The molecule has 0 bridgehead atoms. The summed E-state index contributed by atoms with van der Waals surface area (Å²) in [6, 6.07) is 19.5. The second kappa shape index (κ2) is 8.24. The lowest BCUT2D eigenvalue weighted by molar-refractivity contribution is -0.137. The van der Waals surface area contributed by atoms with Crippen LogP contribution in [0.15, 0.2) is 72.9 Å². The van der Waals surface area contributed by atoms with Crippen LogP contribution in [0.5, 0.6) is 11.5 Å². The summed E-state index contributed by atoms with van der Waals surface area (Å²) >= 11 is 0. The van der Waals surface area contributed by atoms with Crippen LogP contribution in [0.3, 0.4) is 0 Å². The Hall–Kier alpha value is -3.45. The number of ether oxygens (including phenoxy) is 2. The third-order valence-electron chi connectivity index (χ3n) is 5.55. The molecule has 0 unspecified atom stereocenters. The average Bonchev–Trinajstić information content (AvgIpc) is 3.37. The maximum absolute atomic E-state index is 13.0. The Morgan fingerprint density at radius 3 is 2.38 bits per heavy atom. The molecule has 0 amide bonds. The molecule has 2 heterocycles. The standard InChI is InChI=1S/C25H21F3N2O2/c26-25(27,28)20-8-4-7-18(9-20)12-29-13-19-15-30(14-17-5-2-1-3-6-17)22-11-24-23(10-21(19)22)31-16-32-24/h1-11,15,29H,12-14,16H2. The van der Waals surface area contributed by atoms with Gasteiger partial charge in [-0.2, -0.15) is 13.2 Å². The second-order valence-electron chi connectivity index (χ2n) is 7.79. The Morgan fingerprint density at radius 2 is 1.59 bits per heavy atom. The van der Waals surface area contributed by atoms with Crippen molar-refractivity contribution in [1.82, 2.24) is 9.88 Å². The predicted molar refractivity (Wildman–Crippen MR) is 116 cm³/mol. The number of nitrogens with one attached hydrogen (secondary N) is 1. The van der Waals surface area contributed by atoms with Gasteiger partial charge in [-0.1, -0.05) is 48.5 Å². The molecule has 164 valence electrons. The Bertz CT molecular complexity index is 1250. The maximum Gasteiger partial charge on any atom is 0.416 e. The Balaban J connectivity index is 1.40. The molecular weight excluding hydrogens is 417 g/mol. The molecular formula is C25H21F3N2O2. The van der Waals surface area contributed by atoms with Crippen molar-refractivity contribution < 1.29 is 22.6 Å². The highest BCUT2D eigenvalue weighted by atomic mass is 19.4. The fourth-order valence-electron chi connectivity index (χ4n) is 4.00. The van der Waals surface area contributed by atoms with E-state index in [4.69, 9.17) is 9.47 Å². The summed E-state index contributed by atoms with van der Waals surface area (Å²) in [4.78, 5) is 0. The van der Waals surface area contributed by atoms with Crippen molar-refractivity contribution in [3.05, 3.63) is 95.2 Å².